The van der Waals surface area contributed by atoms with Crippen LogP contribution in [0.1, 0.15) is 19.2 Å². The van der Waals surface area contributed by atoms with Crippen LogP contribution in [-0.4, -0.2) is 49.5 Å². The molecule has 2 unspecified atom stereocenters. The van der Waals surface area contributed by atoms with E-state index in [1.165, 1.54) is 0 Å². The lowest BCUT2D eigenvalue weighted by atomic mass is 9.97. The zero-order chi connectivity index (χ0) is 13.5. The van der Waals surface area contributed by atoms with Crippen molar-refractivity contribution in [2.75, 3.05) is 18.5 Å². The summed E-state index contributed by atoms with van der Waals surface area (Å²) in [6.07, 6.45) is 3.94. The van der Waals surface area contributed by atoms with Crippen molar-refractivity contribution in [1.82, 2.24) is 19.6 Å². The van der Waals surface area contributed by atoms with E-state index in [4.69, 9.17) is 4.74 Å². The van der Waals surface area contributed by atoms with E-state index in [-0.39, 0.29) is 6.10 Å². The Kier molecular flexibility index (Phi) is 2.87. The Labute approximate surface area is 110 Å². The number of anilines is 1. The quantitative estimate of drug-likeness (QED) is 0.833. The number of aryl methyl sites for hydroxylation is 1. The fraction of sp³-hybridized carbons (Fsp3) is 0.583. The van der Waals surface area contributed by atoms with E-state index in [1.807, 2.05) is 24.4 Å². The molecule has 0 saturated carbocycles. The molecule has 0 bridgehead atoms. The largest absolute Gasteiger partial charge is 0.385 e. The molecule has 2 atom stereocenters. The SMILES string of the molecule is Cc1nnc2c(NCC3(O)CCOC3C)nccn12. The van der Waals surface area contributed by atoms with Crippen molar-refractivity contribution in [3.63, 3.8) is 0 Å². The Morgan fingerprint density at radius 2 is 2.42 bits per heavy atom. The summed E-state index contributed by atoms with van der Waals surface area (Å²) in [7, 11) is 0. The molecule has 1 saturated heterocycles. The van der Waals surface area contributed by atoms with Gasteiger partial charge in [0.05, 0.1) is 6.10 Å². The summed E-state index contributed by atoms with van der Waals surface area (Å²) in [5, 5.41) is 21.7. The number of aliphatic hydroxyl groups is 1. The monoisotopic (exact) mass is 263 g/mol. The minimum absolute atomic E-state index is 0.181. The van der Waals surface area contributed by atoms with Crippen molar-refractivity contribution in [1.29, 1.82) is 0 Å². The standard InChI is InChI=1S/C12H17N5O2/c1-8-12(18,3-6-19-8)7-14-10-11-16-15-9(2)17(11)5-4-13-10/h4-5,8,18H,3,6-7H2,1-2H3,(H,13,14). The van der Waals surface area contributed by atoms with E-state index in [0.717, 1.165) is 5.82 Å². The summed E-state index contributed by atoms with van der Waals surface area (Å²) in [4.78, 5) is 4.25. The van der Waals surface area contributed by atoms with Gasteiger partial charge in [0, 0.05) is 32.0 Å². The second-order valence-corrected chi connectivity index (χ2v) is 4.94. The zero-order valence-corrected chi connectivity index (χ0v) is 11.0. The zero-order valence-electron chi connectivity index (χ0n) is 11.0. The van der Waals surface area contributed by atoms with Crippen molar-refractivity contribution >= 4 is 11.5 Å². The van der Waals surface area contributed by atoms with E-state index >= 15 is 0 Å². The number of fused-ring (bicyclic) bond motifs is 1. The van der Waals surface area contributed by atoms with Crippen molar-refractivity contribution in [2.45, 2.75) is 32.0 Å². The highest BCUT2D eigenvalue weighted by atomic mass is 16.5. The van der Waals surface area contributed by atoms with E-state index in [1.54, 1.807) is 6.20 Å². The third kappa shape index (κ3) is 2.04. The molecule has 0 aromatic carbocycles. The van der Waals surface area contributed by atoms with Crippen LogP contribution in [0.5, 0.6) is 0 Å². The van der Waals surface area contributed by atoms with Gasteiger partial charge in [-0.05, 0) is 13.8 Å². The van der Waals surface area contributed by atoms with Gasteiger partial charge in [-0.15, -0.1) is 10.2 Å². The summed E-state index contributed by atoms with van der Waals surface area (Å²) in [5.74, 6) is 1.42. The molecule has 19 heavy (non-hydrogen) atoms. The van der Waals surface area contributed by atoms with Crippen molar-refractivity contribution in [3.05, 3.63) is 18.2 Å². The lowest BCUT2D eigenvalue weighted by molar-refractivity contribution is -0.0176. The third-order valence-corrected chi connectivity index (χ3v) is 3.72. The van der Waals surface area contributed by atoms with Crippen molar-refractivity contribution in [2.24, 2.45) is 0 Å². The van der Waals surface area contributed by atoms with E-state index < -0.39 is 5.60 Å². The van der Waals surface area contributed by atoms with Gasteiger partial charge in [0.25, 0.3) is 0 Å². The molecule has 3 heterocycles. The Balaban J connectivity index is 1.82. The molecule has 0 spiro atoms. The molecule has 2 N–H and O–H groups in total. The Morgan fingerprint density at radius 3 is 3.16 bits per heavy atom. The van der Waals surface area contributed by atoms with Gasteiger partial charge in [-0.3, -0.25) is 4.40 Å². The van der Waals surface area contributed by atoms with Crippen LogP contribution in [-0.2, 0) is 4.74 Å². The number of aromatic nitrogens is 4. The number of ether oxygens (including phenoxy) is 1. The molecule has 1 fully saturated rings. The molecule has 102 valence electrons. The molecule has 1 aliphatic rings. The fourth-order valence-electron chi connectivity index (χ4n) is 2.31. The van der Waals surface area contributed by atoms with Crippen LogP contribution in [0.3, 0.4) is 0 Å². The average molecular weight is 263 g/mol. The second-order valence-electron chi connectivity index (χ2n) is 4.94. The van der Waals surface area contributed by atoms with Gasteiger partial charge in [0.15, 0.2) is 5.82 Å². The molecule has 0 aliphatic carbocycles. The Morgan fingerprint density at radius 1 is 1.58 bits per heavy atom. The lowest BCUT2D eigenvalue weighted by Gasteiger charge is -2.26. The first-order valence-electron chi connectivity index (χ1n) is 6.34. The van der Waals surface area contributed by atoms with Crippen LogP contribution in [0.4, 0.5) is 5.82 Å². The predicted octanol–water partition coefficient (Wildman–Crippen LogP) is 0.385. The summed E-state index contributed by atoms with van der Waals surface area (Å²) in [6, 6.07) is 0. The van der Waals surface area contributed by atoms with Gasteiger partial charge in [-0.1, -0.05) is 0 Å². The maximum atomic E-state index is 10.4. The fourth-order valence-corrected chi connectivity index (χ4v) is 2.31. The minimum Gasteiger partial charge on any atom is -0.385 e. The van der Waals surface area contributed by atoms with Gasteiger partial charge in [-0.25, -0.2) is 4.98 Å². The first kappa shape index (κ1) is 12.3. The van der Waals surface area contributed by atoms with Crippen molar-refractivity contribution in [3.8, 4) is 0 Å². The van der Waals surface area contributed by atoms with Crippen LogP contribution in [0.2, 0.25) is 0 Å². The van der Waals surface area contributed by atoms with Gasteiger partial charge in [0.2, 0.25) is 5.65 Å². The van der Waals surface area contributed by atoms with E-state index in [0.29, 0.717) is 31.0 Å². The van der Waals surface area contributed by atoms with Crippen LogP contribution in [0.25, 0.3) is 5.65 Å². The number of hydrogen-bond donors (Lipinski definition) is 2. The van der Waals surface area contributed by atoms with E-state index in [2.05, 4.69) is 20.5 Å². The summed E-state index contributed by atoms with van der Waals surface area (Å²) in [5.41, 5.74) is -0.195. The molecule has 0 radical (unpaired) electrons. The Hall–Kier alpha value is -1.73. The summed E-state index contributed by atoms with van der Waals surface area (Å²) >= 11 is 0. The maximum Gasteiger partial charge on any atom is 0.203 e. The molecule has 1 aliphatic heterocycles. The van der Waals surface area contributed by atoms with Gasteiger partial charge in [0.1, 0.15) is 11.4 Å². The highest BCUT2D eigenvalue weighted by molar-refractivity contribution is 5.62. The second kappa shape index (κ2) is 4.43. The first-order chi connectivity index (χ1) is 9.10. The van der Waals surface area contributed by atoms with E-state index in [9.17, 15) is 5.11 Å². The highest BCUT2D eigenvalue weighted by Crippen LogP contribution is 2.26. The Bertz CT molecular complexity index is 599. The number of nitrogens with zero attached hydrogens (tertiary/aromatic N) is 4. The molecule has 2 aromatic rings. The lowest BCUT2D eigenvalue weighted by Crippen LogP contribution is -2.43. The smallest absolute Gasteiger partial charge is 0.203 e. The molecule has 3 rings (SSSR count). The topological polar surface area (TPSA) is 84.6 Å². The van der Waals surface area contributed by atoms with Crippen molar-refractivity contribution < 1.29 is 9.84 Å². The number of hydrogen-bond acceptors (Lipinski definition) is 6. The molecule has 2 aromatic heterocycles. The molecular formula is C12H17N5O2. The van der Waals surface area contributed by atoms with Crippen LogP contribution < -0.4 is 5.32 Å². The molecule has 0 amide bonds. The first-order valence-corrected chi connectivity index (χ1v) is 6.34. The number of rotatable bonds is 3. The summed E-state index contributed by atoms with van der Waals surface area (Å²) in [6.45, 7) is 4.72. The maximum absolute atomic E-state index is 10.4. The minimum atomic E-state index is -0.858. The molecular weight excluding hydrogens is 246 g/mol. The molecule has 7 heteroatoms. The van der Waals surface area contributed by atoms with Crippen LogP contribution >= 0.6 is 0 Å². The average Bonchev–Trinajstić information content (AvgIpc) is 2.93. The molecule has 7 nitrogen and oxygen atoms in total. The van der Waals surface area contributed by atoms with Crippen LogP contribution in [0.15, 0.2) is 12.4 Å². The number of nitrogens with one attached hydrogen (secondary N) is 1. The third-order valence-electron chi connectivity index (χ3n) is 3.72. The predicted molar refractivity (Wildman–Crippen MR) is 69.0 cm³/mol. The van der Waals surface area contributed by atoms with Crippen LogP contribution in [0, 0.1) is 6.92 Å². The van der Waals surface area contributed by atoms with Gasteiger partial charge in [-0.2, -0.15) is 0 Å². The van der Waals surface area contributed by atoms with Gasteiger partial charge >= 0.3 is 0 Å². The van der Waals surface area contributed by atoms with Gasteiger partial charge < -0.3 is 15.2 Å². The highest BCUT2D eigenvalue weighted by Gasteiger charge is 2.39. The normalized spacial score (nSPS) is 27.0. The summed E-state index contributed by atoms with van der Waals surface area (Å²) < 4.78 is 7.26.